The topological polar surface area (TPSA) is 61.8 Å². The third kappa shape index (κ3) is 54.9. The maximum atomic E-state index is 12.9. The van der Waals surface area contributed by atoms with Crippen LogP contribution in [0.2, 0.25) is 0 Å². The van der Waals surface area contributed by atoms with Gasteiger partial charge in [-0.3, -0.25) is 9.59 Å². The van der Waals surface area contributed by atoms with Gasteiger partial charge in [-0.25, -0.2) is 0 Å². The lowest BCUT2D eigenvalue weighted by Gasteiger charge is -2.18. The van der Waals surface area contributed by atoms with Crippen molar-refractivity contribution in [1.82, 2.24) is 0 Å². The monoisotopic (exact) mass is 941 g/mol. The number of carbonyl (C=O) groups is 2. The van der Waals surface area contributed by atoms with Crippen molar-refractivity contribution in [3.63, 3.8) is 0 Å². The van der Waals surface area contributed by atoms with Crippen LogP contribution in [-0.2, 0) is 23.8 Å². The molecule has 0 saturated heterocycles. The van der Waals surface area contributed by atoms with E-state index in [0.717, 1.165) is 96.3 Å². The van der Waals surface area contributed by atoms with Gasteiger partial charge in [0.25, 0.3) is 0 Å². The molecular weight excluding hydrogens is 837 g/mol. The van der Waals surface area contributed by atoms with Crippen LogP contribution in [0.3, 0.4) is 0 Å². The summed E-state index contributed by atoms with van der Waals surface area (Å²) in [6.07, 6.45) is 80.8. The second-order valence-corrected chi connectivity index (χ2v) is 18.1. The van der Waals surface area contributed by atoms with Crippen LogP contribution in [0.25, 0.3) is 0 Å². The second kappa shape index (κ2) is 57.6. The van der Waals surface area contributed by atoms with E-state index in [0.29, 0.717) is 25.9 Å². The highest BCUT2D eigenvalue weighted by Crippen LogP contribution is 2.13. The molecule has 0 bridgehead atoms. The number of rotatable bonds is 50. The quantitative estimate of drug-likeness (QED) is 0.0345. The fraction of sp³-hybridized carbons (Fsp3) is 0.651. The summed E-state index contributed by atoms with van der Waals surface area (Å²) in [5.41, 5.74) is 0. The van der Waals surface area contributed by atoms with Crippen molar-refractivity contribution in [2.45, 2.75) is 245 Å². The molecule has 0 amide bonds. The van der Waals surface area contributed by atoms with E-state index in [-0.39, 0.29) is 25.2 Å². The smallest absolute Gasteiger partial charge is 0.306 e. The maximum Gasteiger partial charge on any atom is 0.306 e. The first-order valence-electron chi connectivity index (χ1n) is 28.1. The zero-order valence-electron chi connectivity index (χ0n) is 44.3. The predicted molar refractivity (Wildman–Crippen MR) is 297 cm³/mol. The van der Waals surface area contributed by atoms with Gasteiger partial charge in [0.05, 0.1) is 6.61 Å². The lowest BCUT2D eigenvalue weighted by molar-refractivity contribution is -0.162. The van der Waals surface area contributed by atoms with Gasteiger partial charge in [-0.2, -0.15) is 0 Å². The zero-order valence-corrected chi connectivity index (χ0v) is 44.3. The van der Waals surface area contributed by atoms with E-state index in [1.807, 2.05) is 6.08 Å². The summed E-state index contributed by atoms with van der Waals surface area (Å²) < 4.78 is 17.4. The van der Waals surface area contributed by atoms with Crippen molar-refractivity contribution >= 4 is 11.9 Å². The van der Waals surface area contributed by atoms with Crippen molar-refractivity contribution in [3.05, 3.63) is 122 Å². The molecule has 0 spiro atoms. The first-order chi connectivity index (χ1) is 33.6. The summed E-state index contributed by atoms with van der Waals surface area (Å²) >= 11 is 0. The highest BCUT2D eigenvalue weighted by atomic mass is 16.6. The van der Waals surface area contributed by atoms with Gasteiger partial charge in [-0.15, -0.1) is 0 Å². The van der Waals surface area contributed by atoms with Gasteiger partial charge in [0.1, 0.15) is 6.61 Å². The fourth-order valence-electron chi connectivity index (χ4n) is 7.30. The molecule has 386 valence electrons. The molecular formula is C63H104O5. The van der Waals surface area contributed by atoms with E-state index in [1.54, 1.807) is 0 Å². The molecule has 0 aromatic carbocycles. The van der Waals surface area contributed by atoms with Crippen LogP contribution >= 0.6 is 0 Å². The standard InChI is InChI=1S/C63H104O5/c1-4-7-10-13-16-19-22-25-28-31-32-34-35-38-41-44-47-50-53-56-62(64)67-60-61(59-66-58-55-52-49-46-43-40-37-30-27-24-21-18-15-12-9-6-3)68-63(65)57-54-51-48-45-42-39-36-33-29-26-23-20-17-14-11-8-5-2/h7,10,16-21,25-30,32,34,38,41,47,50,61H,4-6,8-9,11-15,22-24,31,33,35-37,39-40,42-46,48-49,51-60H2,1-3H3/b10-7-,19-16-,20-17-,21-18-,28-25-,29-26-,30-27-,34-32-,41-38-,50-47-. The molecule has 0 aromatic rings. The van der Waals surface area contributed by atoms with Crippen molar-refractivity contribution in [2.24, 2.45) is 0 Å². The second-order valence-electron chi connectivity index (χ2n) is 18.1. The van der Waals surface area contributed by atoms with Gasteiger partial charge in [-0.1, -0.05) is 226 Å². The molecule has 5 nitrogen and oxygen atoms in total. The minimum atomic E-state index is -0.585. The molecule has 0 saturated carbocycles. The number of esters is 2. The first kappa shape index (κ1) is 64.3. The average molecular weight is 942 g/mol. The van der Waals surface area contributed by atoms with Gasteiger partial charge in [-0.05, 0) is 122 Å². The number of hydrogen-bond donors (Lipinski definition) is 0. The van der Waals surface area contributed by atoms with Gasteiger partial charge in [0, 0.05) is 19.4 Å². The van der Waals surface area contributed by atoms with Gasteiger partial charge >= 0.3 is 11.9 Å². The number of hydrogen-bond acceptors (Lipinski definition) is 5. The predicted octanol–water partition coefficient (Wildman–Crippen LogP) is 19.3. The Bertz CT molecular complexity index is 1390. The average Bonchev–Trinajstić information content (AvgIpc) is 3.34. The van der Waals surface area contributed by atoms with E-state index in [9.17, 15) is 9.59 Å². The highest BCUT2D eigenvalue weighted by molar-refractivity contribution is 5.70. The normalized spacial score (nSPS) is 13.2. The van der Waals surface area contributed by atoms with Crippen LogP contribution in [0.5, 0.6) is 0 Å². The SMILES string of the molecule is CC/C=C\C/C=C\C/C=C\C/C=C\C/C=C\C/C=C\CCC(=O)OCC(COCCCCCCCC/C=C\C/C=C\CCCCC)OC(=O)CCCCCCCCC/C=C\C/C=C\CCCCC. The van der Waals surface area contributed by atoms with Crippen LogP contribution in [0.15, 0.2) is 122 Å². The molecule has 0 aliphatic rings. The van der Waals surface area contributed by atoms with E-state index >= 15 is 0 Å². The molecule has 0 fully saturated rings. The van der Waals surface area contributed by atoms with Crippen LogP contribution in [0, 0.1) is 0 Å². The van der Waals surface area contributed by atoms with Crippen LogP contribution in [-0.4, -0.2) is 37.9 Å². The molecule has 0 N–H and O–H groups in total. The number of allylic oxidation sites excluding steroid dienone is 20. The molecule has 0 rings (SSSR count). The molecule has 68 heavy (non-hydrogen) atoms. The van der Waals surface area contributed by atoms with Crippen LogP contribution in [0.4, 0.5) is 0 Å². The summed E-state index contributed by atoms with van der Waals surface area (Å²) in [4.78, 5) is 25.5. The largest absolute Gasteiger partial charge is 0.462 e. The summed E-state index contributed by atoms with van der Waals surface area (Å²) in [5, 5.41) is 0. The summed E-state index contributed by atoms with van der Waals surface area (Å²) in [7, 11) is 0. The molecule has 0 heterocycles. The third-order valence-corrected chi connectivity index (χ3v) is 11.5. The molecule has 0 aliphatic carbocycles. The molecule has 0 radical (unpaired) electrons. The number of unbranched alkanes of at least 4 members (excludes halogenated alkanes) is 19. The Balaban J connectivity index is 4.45. The van der Waals surface area contributed by atoms with E-state index in [1.165, 1.54) is 103 Å². The summed E-state index contributed by atoms with van der Waals surface area (Å²) in [6.45, 7) is 7.55. The lowest BCUT2D eigenvalue weighted by atomic mass is 10.1. The summed E-state index contributed by atoms with van der Waals surface area (Å²) in [6, 6.07) is 0. The third-order valence-electron chi connectivity index (χ3n) is 11.5. The molecule has 5 heteroatoms. The van der Waals surface area contributed by atoms with E-state index < -0.39 is 6.10 Å². The van der Waals surface area contributed by atoms with Crippen LogP contribution < -0.4 is 0 Å². The Labute approximate surface area is 420 Å². The maximum absolute atomic E-state index is 12.9. The lowest BCUT2D eigenvalue weighted by Crippen LogP contribution is -2.30. The Morgan fingerprint density at radius 3 is 1.12 bits per heavy atom. The summed E-state index contributed by atoms with van der Waals surface area (Å²) in [5.74, 6) is -0.513. The Morgan fingerprint density at radius 1 is 0.338 bits per heavy atom. The minimum Gasteiger partial charge on any atom is -0.462 e. The zero-order chi connectivity index (χ0) is 49.2. The molecule has 0 aliphatic heterocycles. The van der Waals surface area contributed by atoms with Crippen molar-refractivity contribution in [2.75, 3.05) is 19.8 Å². The Kier molecular flexibility index (Phi) is 54.5. The molecule has 0 aromatic heterocycles. The number of carbonyl (C=O) groups excluding carboxylic acids is 2. The Hall–Kier alpha value is -3.70. The van der Waals surface area contributed by atoms with Gasteiger partial charge in [0.15, 0.2) is 6.10 Å². The Morgan fingerprint density at radius 2 is 0.691 bits per heavy atom. The number of ether oxygens (including phenoxy) is 3. The van der Waals surface area contributed by atoms with Crippen LogP contribution in [0.1, 0.15) is 239 Å². The van der Waals surface area contributed by atoms with Crippen molar-refractivity contribution < 1.29 is 23.8 Å². The van der Waals surface area contributed by atoms with E-state index in [4.69, 9.17) is 14.2 Å². The molecule has 1 unspecified atom stereocenters. The molecule has 1 atom stereocenters. The highest BCUT2D eigenvalue weighted by Gasteiger charge is 2.17. The van der Waals surface area contributed by atoms with Crippen molar-refractivity contribution in [1.29, 1.82) is 0 Å². The van der Waals surface area contributed by atoms with Crippen molar-refractivity contribution in [3.8, 4) is 0 Å². The van der Waals surface area contributed by atoms with Gasteiger partial charge < -0.3 is 14.2 Å². The first-order valence-corrected chi connectivity index (χ1v) is 28.1. The minimum absolute atomic E-state index is 0.0307. The van der Waals surface area contributed by atoms with Gasteiger partial charge in [0.2, 0.25) is 0 Å². The fourth-order valence-corrected chi connectivity index (χ4v) is 7.30. The van der Waals surface area contributed by atoms with E-state index in [2.05, 4.69) is 136 Å².